The van der Waals surface area contributed by atoms with Gasteiger partial charge in [0, 0.05) is 11.6 Å². The van der Waals surface area contributed by atoms with Crippen molar-refractivity contribution in [2.24, 2.45) is 5.92 Å². The Morgan fingerprint density at radius 3 is 2.22 bits per heavy atom. The number of hydrogen-bond donors (Lipinski definition) is 1. The predicted molar refractivity (Wildman–Crippen MR) is 127 cm³/mol. The smallest absolute Gasteiger partial charge is 0.241 e. The molecule has 32 heavy (non-hydrogen) atoms. The molecule has 3 rings (SSSR count). The molecule has 1 heterocycles. The van der Waals surface area contributed by atoms with Crippen molar-refractivity contribution in [2.75, 3.05) is 13.6 Å². The van der Waals surface area contributed by atoms with Crippen LogP contribution < -0.4 is 4.72 Å². The first kappa shape index (κ1) is 24.9. The highest BCUT2D eigenvalue weighted by Gasteiger charge is 2.41. The molecule has 8 heteroatoms. The number of rotatable bonds is 6. The molecule has 2 unspecified atom stereocenters. The molecule has 2 aromatic rings. The quantitative estimate of drug-likeness (QED) is 0.677. The molecule has 0 spiro atoms. The Labute approximate surface area is 193 Å². The number of sulfone groups is 1. The summed E-state index contributed by atoms with van der Waals surface area (Å²) >= 11 is 0. The molecule has 2 aromatic carbocycles. The van der Waals surface area contributed by atoms with E-state index in [9.17, 15) is 16.8 Å². The van der Waals surface area contributed by atoms with Crippen LogP contribution in [0.5, 0.6) is 0 Å². The number of piperidine rings is 1. The minimum absolute atomic E-state index is 0.0229. The standard InChI is InChI=1S/C24H34N2O4S2/c1-17(2)21-13-12-20(31(27,28)19-10-8-7-9-11-19)16-23(21)32(29,30)25-22-14-15-26(6)24(4,5)18(22)3/h7-13,16-18,22,25H,14-15H2,1-6H3. The summed E-state index contributed by atoms with van der Waals surface area (Å²) in [6.45, 7) is 10.9. The van der Waals surface area contributed by atoms with Crippen molar-refractivity contribution in [3.63, 3.8) is 0 Å². The lowest BCUT2D eigenvalue weighted by molar-refractivity contribution is 0.0362. The summed E-state index contributed by atoms with van der Waals surface area (Å²) in [6.07, 6.45) is 0.694. The Morgan fingerprint density at radius 1 is 1.00 bits per heavy atom. The van der Waals surface area contributed by atoms with Crippen LogP contribution in [0.2, 0.25) is 0 Å². The molecule has 1 fully saturated rings. The summed E-state index contributed by atoms with van der Waals surface area (Å²) in [5.74, 6) is -0.00355. The Bertz CT molecular complexity index is 1170. The van der Waals surface area contributed by atoms with E-state index >= 15 is 0 Å². The number of sulfonamides is 1. The Balaban J connectivity index is 2.04. The number of nitrogens with one attached hydrogen (secondary N) is 1. The molecule has 0 saturated carbocycles. The summed E-state index contributed by atoms with van der Waals surface area (Å²) in [4.78, 5) is 2.40. The van der Waals surface area contributed by atoms with Crippen molar-refractivity contribution in [1.29, 1.82) is 0 Å². The van der Waals surface area contributed by atoms with Crippen molar-refractivity contribution in [3.05, 3.63) is 54.1 Å². The van der Waals surface area contributed by atoms with Crippen molar-refractivity contribution in [3.8, 4) is 0 Å². The molecule has 0 aliphatic carbocycles. The summed E-state index contributed by atoms with van der Waals surface area (Å²) < 4.78 is 56.3. The third-order valence-corrected chi connectivity index (χ3v) is 10.4. The Hall–Kier alpha value is -1.74. The number of likely N-dealkylation sites (tertiary alicyclic amines) is 1. The molecule has 1 saturated heterocycles. The summed E-state index contributed by atoms with van der Waals surface area (Å²) in [5.41, 5.74) is 0.439. The van der Waals surface area contributed by atoms with Crippen molar-refractivity contribution in [1.82, 2.24) is 9.62 Å². The maximum atomic E-state index is 13.6. The van der Waals surface area contributed by atoms with Gasteiger partial charge in [-0.15, -0.1) is 0 Å². The van der Waals surface area contributed by atoms with Crippen LogP contribution in [-0.2, 0) is 19.9 Å². The second-order valence-electron chi connectivity index (χ2n) is 9.55. The third kappa shape index (κ3) is 4.64. The summed E-state index contributed by atoms with van der Waals surface area (Å²) in [7, 11) is -5.72. The van der Waals surface area contributed by atoms with Gasteiger partial charge in [0.15, 0.2) is 0 Å². The fraction of sp³-hybridized carbons (Fsp3) is 0.500. The van der Waals surface area contributed by atoms with E-state index in [-0.39, 0.29) is 38.1 Å². The molecular weight excluding hydrogens is 444 g/mol. The van der Waals surface area contributed by atoms with Crippen molar-refractivity contribution < 1.29 is 16.8 Å². The maximum Gasteiger partial charge on any atom is 0.241 e. The van der Waals surface area contributed by atoms with Gasteiger partial charge in [0.05, 0.1) is 14.7 Å². The lowest BCUT2D eigenvalue weighted by Gasteiger charge is -2.49. The number of nitrogens with zero attached hydrogens (tertiary/aromatic N) is 1. The zero-order chi connectivity index (χ0) is 23.9. The Morgan fingerprint density at radius 2 is 1.62 bits per heavy atom. The molecule has 1 aliphatic heterocycles. The topological polar surface area (TPSA) is 83.5 Å². The van der Waals surface area contributed by atoms with E-state index in [1.807, 2.05) is 13.8 Å². The van der Waals surface area contributed by atoms with E-state index in [1.54, 1.807) is 24.3 Å². The molecule has 6 nitrogen and oxygen atoms in total. The summed E-state index contributed by atoms with van der Waals surface area (Å²) in [6, 6.07) is 12.3. The van der Waals surface area contributed by atoms with Gasteiger partial charge < -0.3 is 4.90 Å². The van der Waals surface area contributed by atoms with Gasteiger partial charge in [0.1, 0.15) is 0 Å². The third-order valence-electron chi connectivity index (χ3n) is 7.04. The van der Waals surface area contributed by atoms with Gasteiger partial charge in [-0.2, -0.15) is 0 Å². The fourth-order valence-electron chi connectivity index (χ4n) is 4.26. The van der Waals surface area contributed by atoms with Crippen LogP contribution in [0, 0.1) is 5.92 Å². The highest BCUT2D eigenvalue weighted by molar-refractivity contribution is 7.91. The zero-order valence-electron chi connectivity index (χ0n) is 19.7. The molecule has 0 bridgehead atoms. The van der Waals surface area contributed by atoms with Gasteiger partial charge >= 0.3 is 0 Å². The van der Waals surface area contributed by atoms with Gasteiger partial charge in [-0.25, -0.2) is 21.6 Å². The monoisotopic (exact) mass is 478 g/mol. The van der Waals surface area contributed by atoms with E-state index in [0.717, 1.165) is 6.54 Å². The molecule has 0 aromatic heterocycles. The van der Waals surface area contributed by atoms with Gasteiger partial charge in [-0.05, 0) is 75.5 Å². The number of benzene rings is 2. The van der Waals surface area contributed by atoms with Gasteiger partial charge in [0.2, 0.25) is 19.9 Å². The van der Waals surface area contributed by atoms with Crippen LogP contribution in [0.25, 0.3) is 0 Å². The minimum atomic E-state index is -3.93. The van der Waals surface area contributed by atoms with Crippen molar-refractivity contribution in [2.45, 2.75) is 73.2 Å². The zero-order valence-corrected chi connectivity index (χ0v) is 21.3. The van der Waals surface area contributed by atoms with E-state index in [0.29, 0.717) is 12.0 Å². The van der Waals surface area contributed by atoms with E-state index < -0.39 is 19.9 Å². The average molecular weight is 479 g/mol. The molecule has 1 N–H and O–H groups in total. The van der Waals surface area contributed by atoms with Crippen LogP contribution in [0.3, 0.4) is 0 Å². The Kier molecular flexibility index (Phi) is 6.92. The van der Waals surface area contributed by atoms with Gasteiger partial charge in [-0.3, -0.25) is 0 Å². The minimum Gasteiger partial charge on any atom is -0.301 e. The van der Waals surface area contributed by atoms with Crippen LogP contribution >= 0.6 is 0 Å². The number of hydrogen-bond acceptors (Lipinski definition) is 5. The summed E-state index contributed by atoms with van der Waals surface area (Å²) in [5, 5.41) is 0. The molecule has 0 radical (unpaired) electrons. The first-order chi connectivity index (χ1) is 14.8. The highest BCUT2D eigenvalue weighted by atomic mass is 32.2. The lowest BCUT2D eigenvalue weighted by atomic mass is 9.78. The van der Waals surface area contributed by atoms with E-state index in [4.69, 9.17) is 0 Å². The van der Waals surface area contributed by atoms with Crippen LogP contribution in [-0.4, -0.2) is 46.9 Å². The second-order valence-corrected chi connectivity index (χ2v) is 13.2. The second kappa shape index (κ2) is 8.89. The lowest BCUT2D eigenvalue weighted by Crippen LogP contribution is -2.59. The molecule has 176 valence electrons. The fourth-order valence-corrected chi connectivity index (χ4v) is 7.39. The van der Waals surface area contributed by atoms with Crippen LogP contribution in [0.1, 0.15) is 52.5 Å². The molecule has 1 aliphatic rings. The van der Waals surface area contributed by atoms with Crippen molar-refractivity contribution >= 4 is 19.9 Å². The molecular formula is C24H34N2O4S2. The van der Waals surface area contributed by atoms with Crippen LogP contribution in [0.15, 0.2) is 63.2 Å². The first-order valence-corrected chi connectivity index (χ1v) is 13.9. The largest absolute Gasteiger partial charge is 0.301 e. The highest BCUT2D eigenvalue weighted by Crippen LogP contribution is 2.34. The van der Waals surface area contributed by atoms with E-state index in [1.165, 1.54) is 24.3 Å². The van der Waals surface area contributed by atoms with Gasteiger partial charge in [0.25, 0.3) is 0 Å². The maximum absolute atomic E-state index is 13.6. The predicted octanol–water partition coefficient (Wildman–Crippen LogP) is 4.04. The van der Waals surface area contributed by atoms with Gasteiger partial charge in [-0.1, -0.05) is 45.0 Å². The molecule has 2 atom stereocenters. The average Bonchev–Trinajstić information content (AvgIpc) is 2.74. The normalized spacial score (nSPS) is 22.2. The SMILES string of the molecule is CC(C)c1ccc(S(=O)(=O)c2ccccc2)cc1S(=O)(=O)NC1CCN(C)C(C)(C)C1C. The molecule has 0 amide bonds. The van der Waals surface area contributed by atoms with Crippen LogP contribution in [0.4, 0.5) is 0 Å². The van der Waals surface area contributed by atoms with E-state index in [2.05, 4.69) is 37.4 Å². The first-order valence-electron chi connectivity index (χ1n) is 11.0.